The third kappa shape index (κ3) is 4.29. The second kappa shape index (κ2) is 8.32. The lowest BCUT2D eigenvalue weighted by molar-refractivity contribution is -0.154. The van der Waals surface area contributed by atoms with Gasteiger partial charge >= 0.3 is 11.9 Å². The van der Waals surface area contributed by atoms with E-state index in [1.165, 1.54) is 14.0 Å². The van der Waals surface area contributed by atoms with Crippen LogP contribution in [0.25, 0.3) is 0 Å². The van der Waals surface area contributed by atoms with E-state index in [0.29, 0.717) is 30.3 Å². The number of carbonyl (C=O) groups is 2. The zero-order valence-electron chi connectivity index (χ0n) is 15.6. The Morgan fingerprint density at radius 3 is 2.46 bits per heavy atom. The van der Waals surface area contributed by atoms with Crippen molar-refractivity contribution in [2.75, 3.05) is 13.7 Å². The molecule has 5 heteroatoms. The number of methoxy groups -OCH3 is 1. The van der Waals surface area contributed by atoms with Crippen molar-refractivity contribution >= 4 is 11.9 Å². The fraction of sp³-hybridized carbons (Fsp3) is 0.895. The summed E-state index contributed by atoms with van der Waals surface area (Å²) < 4.78 is 16.4. The van der Waals surface area contributed by atoms with Gasteiger partial charge in [-0.3, -0.25) is 9.59 Å². The number of rotatable bonds is 6. The Labute approximate surface area is 145 Å². The first-order valence-corrected chi connectivity index (χ1v) is 9.21. The van der Waals surface area contributed by atoms with Crippen LogP contribution >= 0.6 is 0 Å². The van der Waals surface area contributed by atoms with Crippen molar-refractivity contribution in [3.8, 4) is 0 Å². The largest absolute Gasteiger partial charge is 0.469 e. The molecule has 0 amide bonds. The second-order valence-corrected chi connectivity index (χ2v) is 7.65. The van der Waals surface area contributed by atoms with Crippen LogP contribution in [0.4, 0.5) is 0 Å². The van der Waals surface area contributed by atoms with Crippen molar-refractivity contribution in [3.63, 3.8) is 0 Å². The minimum atomic E-state index is -0.243. The van der Waals surface area contributed by atoms with Gasteiger partial charge in [-0.1, -0.05) is 6.92 Å². The van der Waals surface area contributed by atoms with E-state index >= 15 is 0 Å². The Balaban J connectivity index is 1.96. The molecule has 0 spiro atoms. The molecular formula is C19H32O5. The normalized spacial score (nSPS) is 35.0. The number of carbonyl (C=O) groups excluding carboxylic acids is 2. The first-order valence-electron chi connectivity index (χ1n) is 9.21. The number of fused-ring (bicyclic) bond motifs is 1. The smallest absolute Gasteiger partial charge is 0.310 e. The van der Waals surface area contributed by atoms with E-state index in [2.05, 4.69) is 13.8 Å². The maximum Gasteiger partial charge on any atom is 0.310 e. The Hall–Kier alpha value is -1.10. The molecule has 0 radical (unpaired) electrons. The highest BCUT2D eigenvalue weighted by Crippen LogP contribution is 2.51. The molecule has 0 aliphatic heterocycles. The van der Waals surface area contributed by atoms with Gasteiger partial charge in [0, 0.05) is 6.92 Å². The second-order valence-electron chi connectivity index (χ2n) is 7.65. The number of hydrogen-bond acceptors (Lipinski definition) is 5. The highest BCUT2D eigenvalue weighted by Gasteiger charge is 2.48. The maximum atomic E-state index is 11.5. The topological polar surface area (TPSA) is 61.8 Å². The standard InChI is InChI=1S/C19H32O5/c1-11-6-9-17(24-14(4)20)16-8-7-15(18(11)16)13(3)23-10-12(2)19(21)22-5/h11-13,15-18H,6-10H2,1-5H3/t11-,12-,13?,15?,16?,17?,18?/m0/s1. The van der Waals surface area contributed by atoms with E-state index in [4.69, 9.17) is 14.2 Å². The monoisotopic (exact) mass is 340 g/mol. The first kappa shape index (κ1) is 19.2. The van der Waals surface area contributed by atoms with Gasteiger partial charge in [-0.05, 0) is 63.2 Å². The van der Waals surface area contributed by atoms with Crippen LogP contribution in [0.3, 0.4) is 0 Å². The summed E-state index contributed by atoms with van der Waals surface area (Å²) in [6.07, 6.45) is 4.44. The lowest BCUT2D eigenvalue weighted by atomic mass is 9.69. The van der Waals surface area contributed by atoms with Crippen molar-refractivity contribution in [2.24, 2.45) is 29.6 Å². The van der Waals surface area contributed by atoms with Gasteiger partial charge in [0.2, 0.25) is 0 Å². The maximum absolute atomic E-state index is 11.5. The molecular weight excluding hydrogens is 308 g/mol. The summed E-state index contributed by atoms with van der Waals surface area (Å²) in [4.78, 5) is 22.9. The lowest BCUT2D eigenvalue weighted by Gasteiger charge is -2.41. The Kier molecular flexibility index (Phi) is 6.67. The molecule has 5 nitrogen and oxygen atoms in total. The number of hydrogen-bond donors (Lipinski definition) is 0. The van der Waals surface area contributed by atoms with Crippen molar-refractivity contribution in [3.05, 3.63) is 0 Å². The zero-order chi connectivity index (χ0) is 17.9. The SMILES string of the molecule is COC(=O)[C@@H](C)COC(C)C1CCC2C(OC(C)=O)CC[C@H](C)C12. The molecule has 2 rings (SSSR count). The predicted molar refractivity (Wildman–Crippen MR) is 90.3 cm³/mol. The molecule has 138 valence electrons. The molecule has 0 N–H and O–H groups in total. The summed E-state index contributed by atoms with van der Waals surface area (Å²) in [7, 11) is 1.41. The third-order valence-corrected chi connectivity index (χ3v) is 6.00. The molecule has 24 heavy (non-hydrogen) atoms. The van der Waals surface area contributed by atoms with Gasteiger partial charge in [0.1, 0.15) is 6.10 Å². The molecule has 0 heterocycles. The molecule has 2 aliphatic carbocycles. The van der Waals surface area contributed by atoms with Gasteiger partial charge in [-0.15, -0.1) is 0 Å². The molecule has 0 saturated heterocycles. The predicted octanol–water partition coefficient (Wildman–Crippen LogP) is 3.20. The van der Waals surface area contributed by atoms with Crippen LogP contribution in [0, 0.1) is 29.6 Å². The van der Waals surface area contributed by atoms with Gasteiger partial charge < -0.3 is 14.2 Å². The molecule has 0 aromatic heterocycles. The zero-order valence-corrected chi connectivity index (χ0v) is 15.6. The van der Waals surface area contributed by atoms with Crippen LogP contribution in [-0.2, 0) is 23.8 Å². The van der Waals surface area contributed by atoms with Gasteiger partial charge in [0.15, 0.2) is 0 Å². The quantitative estimate of drug-likeness (QED) is 0.695. The lowest BCUT2D eigenvalue weighted by Crippen LogP contribution is -2.41. The summed E-state index contributed by atoms with van der Waals surface area (Å²) in [5.74, 6) is 1.43. The number of ether oxygens (including phenoxy) is 3. The van der Waals surface area contributed by atoms with E-state index in [9.17, 15) is 9.59 Å². The van der Waals surface area contributed by atoms with Gasteiger partial charge in [-0.2, -0.15) is 0 Å². The fourth-order valence-electron chi connectivity index (χ4n) is 4.79. The summed E-state index contributed by atoms with van der Waals surface area (Å²) in [5, 5.41) is 0. The molecule has 7 atom stereocenters. The highest BCUT2D eigenvalue weighted by atomic mass is 16.5. The van der Waals surface area contributed by atoms with Gasteiger partial charge in [0.25, 0.3) is 0 Å². The van der Waals surface area contributed by atoms with Crippen LogP contribution < -0.4 is 0 Å². The molecule has 2 fully saturated rings. The van der Waals surface area contributed by atoms with Crippen molar-refractivity contribution in [2.45, 2.75) is 65.6 Å². The van der Waals surface area contributed by atoms with Gasteiger partial charge in [-0.25, -0.2) is 0 Å². The average molecular weight is 340 g/mol. The van der Waals surface area contributed by atoms with Crippen LogP contribution in [0.2, 0.25) is 0 Å². The van der Waals surface area contributed by atoms with Crippen molar-refractivity contribution in [1.82, 2.24) is 0 Å². The summed E-state index contributed by atoms with van der Waals surface area (Å²) in [6.45, 7) is 8.14. The van der Waals surface area contributed by atoms with Crippen molar-refractivity contribution < 1.29 is 23.8 Å². The van der Waals surface area contributed by atoms with E-state index in [1.54, 1.807) is 0 Å². The fourth-order valence-corrected chi connectivity index (χ4v) is 4.79. The Morgan fingerprint density at radius 2 is 1.83 bits per heavy atom. The number of esters is 2. The van der Waals surface area contributed by atoms with E-state index in [1.807, 2.05) is 6.92 Å². The Morgan fingerprint density at radius 1 is 1.12 bits per heavy atom. The highest BCUT2D eigenvalue weighted by molar-refractivity contribution is 5.71. The van der Waals surface area contributed by atoms with Crippen LogP contribution in [0.5, 0.6) is 0 Å². The minimum Gasteiger partial charge on any atom is -0.469 e. The van der Waals surface area contributed by atoms with Crippen LogP contribution in [0.15, 0.2) is 0 Å². The molecule has 2 saturated carbocycles. The summed E-state index contributed by atoms with van der Waals surface area (Å²) in [5.41, 5.74) is 0. The molecule has 0 bridgehead atoms. The average Bonchev–Trinajstić information content (AvgIpc) is 3.00. The van der Waals surface area contributed by atoms with E-state index in [0.717, 1.165) is 25.7 Å². The van der Waals surface area contributed by atoms with Crippen molar-refractivity contribution in [1.29, 1.82) is 0 Å². The molecule has 0 aromatic carbocycles. The summed E-state index contributed by atoms with van der Waals surface area (Å²) >= 11 is 0. The molecule has 0 aromatic rings. The molecule has 2 aliphatic rings. The van der Waals surface area contributed by atoms with Crippen LogP contribution in [0.1, 0.15) is 53.4 Å². The Bertz CT molecular complexity index is 449. The molecule has 5 unspecified atom stereocenters. The third-order valence-electron chi connectivity index (χ3n) is 6.00. The van der Waals surface area contributed by atoms with Gasteiger partial charge in [0.05, 0.1) is 25.7 Å². The van der Waals surface area contributed by atoms with E-state index < -0.39 is 0 Å². The van der Waals surface area contributed by atoms with Crippen LogP contribution in [-0.4, -0.2) is 37.9 Å². The van der Waals surface area contributed by atoms with E-state index in [-0.39, 0.29) is 30.1 Å². The summed E-state index contributed by atoms with van der Waals surface area (Å²) in [6, 6.07) is 0. The minimum absolute atomic E-state index is 0.0647. The first-order chi connectivity index (χ1) is 11.3.